The Morgan fingerprint density at radius 2 is 1.85 bits per heavy atom. The number of halogens is 1. The highest BCUT2D eigenvalue weighted by molar-refractivity contribution is 8.00. The molecule has 0 bridgehead atoms. The molecule has 1 N–H and O–H groups in total. The standard InChI is InChI=1S/C17H15ClN4O4S/c1-8(16(24)25)27-14-11-13(21(2)17(26)22(3)15(11)23)19-12(20-14)9-6-4-5-7-10(9)18/h4-8H,1-3H3,(H,24,25)/t8-/m0/s1. The lowest BCUT2D eigenvalue weighted by Gasteiger charge is -2.13. The van der Waals surface area contributed by atoms with Gasteiger partial charge in [0.05, 0.1) is 5.02 Å². The summed E-state index contributed by atoms with van der Waals surface area (Å²) in [5.74, 6) is -0.843. The molecular weight excluding hydrogens is 392 g/mol. The molecule has 0 saturated carbocycles. The van der Waals surface area contributed by atoms with E-state index in [0.29, 0.717) is 10.6 Å². The minimum absolute atomic E-state index is 0.0912. The summed E-state index contributed by atoms with van der Waals surface area (Å²) < 4.78 is 2.17. The van der Waals surface area contributed by atoms with Gasteiger partial charge in [-0.15, -0.1) is 0 Å². The van der Waals surface area contributed by atoms with E-state index in [1.54, 1.807) is 24.3 Å². The van der Waals surface area contributed by atoms with Crippen molar-refractivity contribution < 1.29 is 9.90 Å². The maximum absolute atomic E-state index is 12.7. The third-order valence-electron chi connectivity index (χ3n) is 4.02. The molecule has 27 heavy (non-hydrogen) atoms. The molecule has 0 fully saturated rings. The van der Waals surface area contributed by atoms with Gasteiger partial charge in [0.15, 0.2) is 11.5 Å². The zero-order chi connectivity index (χ0) is 19.9. The van der Waals surface area contributed by atoms with Gasteiger partial charge in [0.25, 0.3) is 5.56 Å². The molecule has 0 radical (unpaired) electrons. The second-order valence-electron chi connectivity index (χ2n) is 5.83. The molecule has 0 aliphatic carbocycles. The molecule has 3 aromatic rings. The summed E-state index contributed by atoms with van der Waals surface area (Å²) in [7, 11) is 2.84. The van der Waals surface area contributed by atoms with Crippen LogP contribution in [-0.2, 0) is 18.9 Å². The molecule has 0 amide bonds. The Bertz CT molecular complexity index is 1190. The highest BCUT2D eigenvalue weighted by Gasteiger charge is 2.22. The molecular formula is C17H15ClN4O4S. The van der Waals surface area contributed by atoms with Crippen molar-refractivity contribution in [2.75, 3.05) is 0 Å². The van der Waals surface area contributed by atoms with Crippen LogP contribution in [0.4, 0.5) is 0 Å². The number of aliphatic carboxylic acids is 1. The first-order chi connectivity index (χ1) is 12.7. The van der Waals surface area contributed by atoms with E-state index in [4.69, 9.17) is 11.6 Å². The average Bonchev–Trinajstić information content (AvgIpc) is 2.64. The van der Waals surface area contributed by atoms with E-state index in [-0.39, 0.29) is 21.9 Å². The number of carbonyl (C=O) groups is 1. The van der Waals surface area contributed by atoms with Gasteiger partial charge in [0, 0.05) is 19.7 Å². The van der Waals surface area contributed by atoms with Crippen molar-refractivity contribution in [2.45, 2.75) is 17.2 Å². The first-order valence-corrected chi connectivity index (χ1v) is 9.10. The van der Waals surface area contributed by atoms with Crippen LogP contribution in [0.1, 0.15) is 6.92 Å². The fraction of sp³-hybridized carbons (Fsp3) is 0.235. The Kier molecular flexibility index (Phi) is 5.07. The van der Waals surface area contributed by atoms with Gasteiger partial charge in [-0.2, -0.15) is 0 Å². The van der Waals surface area contributed by atoms with E-state index in [2.05, 4.69) is 9.97 Å². The van der Waals surface area contributed by atoms with Gasteiger partial charge >= 0.3 is 11.7 Å². The monoisotopic (exact) mass is 406 g/mol. The van der Waals surface area contributed by atoms with Crippen LogP contribution in [0.2, 0.25) is 5.02 Å². The SMILES string of the molecule is C[C@H](Sc1nc(-c2ccccc2Cl)nc2c1c(=O)n(C)c(=O)n2C)C(=O)O. The number of aromatic nitrogens is 4. The molecule has 0 aliphatic heterocycles. The van der Waals surface area contributed by atoms with Gasteiger partial charge < -0.3 is 5.11 Å². The van der Waals surface area contributed by atoms with E-state index >= 15 is 0 Å². The number of benzene rings is 1. The highest BCUT2D eigenvalue weighted by Crippen LogP contribution is 2.31. The minimum atomic E-state index is -1.05. The molecule has 1 aromatic carbocycles. The highest BCUT2D eigenvalue weighted by atomic mass is 35.5. The third kappa shape index (κ3) is 3.35. The second kappa shape index (κ2) is 7.16. The number of carboxylic acid groups (broad SMARTS) is 1. The summed E-state index contributed by atoms with van der Waals surface area (Å²) in [6.07, 6.45) is 0. The topological polar surface area (TPSA) is 107 Å². The second-order valence-corrected chi connectivity index (χ2v) is 7.57. The zero-order valence-electron chi connectivity index (χ0n) is 14.6. The number of aryl methyl sites for hydroxylation is 1. The van der Waals surface area contributed by atoms with Gasteiger partial charge in [0.2, 0.25) is 0 Å². The van der Waals surface area contributed by atoms with Crippen molar-refractivity contribution in [1.29, 1.82) is 0 Å². The minimum Gasteiger partial charge on any atom is -0.480 e. The van der Waals surface area contributed by atoms with Gasteiger partial charge in [-0.05, 0) is 19.1 Å². The van der Waals surface area contributed by atoms with Crippen molar-refractivity contribution >= 4 is 40.4 Å². The Morgan fingerprint density at radius 1 is 1.19 bits per heavy atom. The zero-order valence-corrected chi connectivity index (χ0v) is 16.2. The van der Waals surface area contributed by atoms with E-state index in [0.717, 1.165) is 16.3 Å². The summed E-state index contributed by atoms with van der Waals surface area (Å²) in [6, 6.07) is 6.88. The van der Waals surface area contributed by atoms with Crippen molar-refractivity contribution in [3.05, 3.63) is 50.1 Å². The Balaban J connectivity index is 2.42. The number of rotatable bonds is 4. The summed E-state index contributed by atoms with van der Waals surface area (Å²) in [5, 5.41) is 9.06. The summed E-state index contributed by atoms with van der Waals surface area (Å²) >= 11 is 7.14. The maximum Gasteiger partial charge on any atom is 0.332 e. The number of hydrogen-bond acceptors (Lipinski definition) is 6. The molecule has 140 valence electrons. The average molecular weight is 407 g/mol. The fourth-order valence-corrected chi connectivity index (χ4v) is 3.59. The normalized spacial score (nSPS) is 12.3. The van der Waals surface area contributed by atoms with Crippen LogP contribution in [-0.4, -0.2) is 35.4 Å². The molecule has 0 spiro atoms. The van der Waals surface area contributed by atoms with Crippen LogP contribution >= 0.6 is 23.4 Å². The number of carboxylic acids is 1. The molecule has 0 aliphatic rings. The number of hydrogen-bond donors (Lipinski definition) is 1. The molecule has 10 heteroatoms. The van der Waals surface area contributed by atoms with Crippen LogP contribution in [0.25, 0.3) is 22.4 Å². The molecule has 1 atom stereocenters. The third-order valence-corrected chi connectivity index (χ3v) is 5.42. The predicted octanol–water partition coefficient (Wildman–Crippen LogP) is 1.91. The summed E-state index contributed by atoms with van der Waals surface area (Å²) in [5.41, 5.74) is -0.496. The van der Waals surface area contributed by atoms with Gasteiger partial charge in [-0.1, -0.05) is 35.5 Å². The first kappa shape index (κ1) is 19.1. The Morgan fingerprint density at radius 3 is 2.48 bits per heavy atom. The number of thioether (sulfide) groups is 1. The lowest BCUT2D eigenvalue weighted by molar-refractivity contribution is -0.136. The van der Waals surface area contributed by atoms with Crippen molar-refractivity contribution in [1.82, 2.24) is 19.1 Å². The molecule has 8 nitrogen and oxygen atoms in total. The smallest absolute Gasteiger partial charge is 0.332 e. The predicted molar refractivity (Wildman–Crippen MR) is 103 cm³/mol. The first-order valence-electron chi connectivity index (χ1n) is 7.84. The molecule has 2 heterocycles. The van der Waals surface area contributed by atoms with Gasteiger partial charge in [0.1, 0.15) is 15.7 Å². The molecule has 0 unspecified atom stereocenters. The lowest BCUT2D eigenvalue weighted by Crippen LogP contribution is -2.37. The van der Waals surface area contributed by atoms with Gasteiger partial charge in [-0.25, -0.2) is 14.8 Å². The van der Waals surface area contributed by atoms with Crippen LogP contribution in [0.3, 0.4) is 0 Å². The van der Waals surface area contributed by atoms with Crippen LogP contribution in [0, 0.1) is 0 Å². The van der Waals surface area contributed by atoms with Crippen molar-refractivity contribution in [2.24, 2.45) is 14.1 Å². The van der Waals surface area contributed by atoms with Gasteiger partial charge in [-0.3, -0.25) is 18.7 Å². The number of nitrogens with zero attached hydrogens (tertiary/aromatic N) is 4. The van der Waals surface area contributed by atoms with Crippen LogP contribution in [0.15, 0.2) is 38.9 Å². The van der Waals surface area contributed by atoms with E-state index in [1.165, 1.54) is 25.6 Å². The maximum atomic E-state index is 12.7. The Hall–Kier alpha value is -2.65. The summed E-state index contributed by atoms with van der Waals surface area (Å²) in [6.45, 7) is 1.49. The molecule has 3 rings (SSSR count). The molecule has 0 saturated heterocycles. The summed E-state index contributed by atoms with van der Waals surface area (Å²) in [4.78, 5) is 45.0. The lowest BCUT2D eigenvalue weighted by atomic mass is 10.2. The van der Waals surface area contributed by atoms with E-state index < -0.39 is 22.5 Å². The quantitative estimate of drug-likeness (QED) is 0.521. The van der Waals surface area contributed by atoms with E-state index in [1.807, 2.05) is 0 Å². The van der Waals surface area contributed by atoms with Crippen molar-refractivity contribution in [3.63, 3.8) is 0 Å². The Labute approximate surface area is 162 Å². The van der Waals surface area contributed by atoms with Crippen molar-refractivity contribution in [3.8, 4) is 11.4 Å². The van der Waals surface area contributed by atoms with E-state index in [9.17, 15) is 19.5 Å². The van der Waals surface area contributed by atoms with Crippen LogP contribution < -0.4 is 11.2 Å². The van der Waals surface area contributed by atoms with Crippen LogP contribution in [0.5, 0.6) is 0 Å². The fourth-order valence-electron chi connectivity index (χ4n) is 2.50. The largest absolute Gasteiger partial charge is 0.480 e. The number of fused-ring (bicyclic) bond motifs is 1. The molecule has 2 aromatic heterocycles.